The fraction of sp³-hybridized carbons (Fsp3) is 0.250. The molecular formula is C20H20N4O3. The summed E-state index contributed by atoms with van der Waals surface area (Å²) >= 11 is 0. The van der Waals surface area contributed by atoms with Gasteiger partial charge in [-0.25, -0.2) is 4.68 Å². The molecule has 3 aromatic rings. The number of carbonyl (C=O) groups excluding carboxylic acids is 1. The highest BCUT2D eigenvalue weighted by Gasteiger charge is 2.16. The molecule has 27 heavy (non-hydrogen) atoms. The normalized spacial score (nSPS) is 16.2. The van der Waals surface area contributed by atoms with Gasteiger partial charge < -0.3 is 14.8 Å². The van der Waals surface area contributed by atoms with E-state index in [1.807, 2.05) is 42.5 Å². The molecule has 0 spiro atoms. The van der Waals surface area contributed by atoms with Crippen LogP contribution in [0, 0.1) is 0 Å². The number of para-hydroxylation sites is 1. The van der Waals surface area contributed by atoms with E-state index < -0.39 is 0 Å². The third kappa shape index (κ3) is 4.32. The van der Waals surface area contributed by atoms with Crippen LogP contribution >= 0.6 is 0 Å². The highest BCUT2D eigenvalue weighted by Crippen LogP contribution is 2.20. The van der Waals surface area contributed by atoms with Crippen LogP contribution in [0.1, 0.15) is 23.3 Å². The molecule has 1 unspecified atom stereocenters. The summed E-state index contributed by atoms with van der Waals surface area (Å²) in [5, 5.41) is 10.8. The van der Waals surface area contributed by atoms with Crippen molar-refractivity contribution in [3.8, 4) is 11.4 Å². The van der Waals surface area contributed by atoms with Crippen LogP contribution in [0.5, 0.6) is 5.75 Å². The molecule has 0 bridgehead atoms. The topological polar surface area (TPSA) is 78.3 Å². The molecule has 0 aliphatic carbocycles. The Balaban J connectivity index is 1.39. The van der Waals surface area contributed by atoms with E-state index in [4.69, 9.17) is 9.47 Å². The SMILES string of the molecule is O=C(Nc1cccc(OCC2CCCO2)c1)c1cn(-c2ccccc2)nn1. The van der Waals surface area contributed by atoms with Crippen LogP contribution in [0.2, 0.25) is 0 Å². The first kappa shape index (κ1) is 17.2. The summed E-state index contributed by atoms with van der Waals surface area (Å²) < 4.78 is 12.9. The van der Waals surface area contributed by atoms with Gasteiger partial charge in [-0.3, -0.25) is 4.79 Å². The van der Waals surface area contributed by atoms with E-state index in [9.17, 15) is 4.79 Å². The second-order valence-electron chi connectivity index (χ2n) is 6.31. The lowest BCUT2D eigenvalue weighted by molar-refractivity contribution is 0.0680. The summed E-state index contributed by atoms with van der Waals surface area (Å²) in [7, 11) is 0. The van der Waals surface area contributed by atoms with Crippen molar-refractivity contribution in [3.05, 3.63) is 66.5 Å². The van der Waals surface area contributed by atoms with E-state index in [0.29, 0.717) is 18.0 Å². The average Bonchev–Trinajstić information content (AvgIpc) is 3.39. The number of rotatable bonds is 6. The number of carbonyl (C=O) groups is 1. The van der Waals surface area contributed by atoms with Crippen molar-refractivity contribution in [1.29, 1.82) is 0 Å². The van der Waals surface area contributed by atoms with Crippen LogP contribution in [-0.2, 0) is 4.74 Å². The maximum atomic E-state index is 12.4. The fourth-order valence-corrected chi connectivity index (χ4v) is 2.90. The molecule has 138 valence electrons. The Labute approximate surface area is 156 Å². The molecule has 1 fully saturated rings. The molecule has 1 amide bonds. The summed E-state index contributed by atoms with van der Waals surface area (Å²) in [5.41, 5.74) is 1.72. The molecular weight excluding hydrogens is 344 g/mol. The van der Waals surface area contributed by atoms with Gasteiger partial charge in [-0.15, -0.1) is 5.10 Å². The summed E-state index contributed by atoms with van der Waals surface area (Å²) in [5.74, 6) is 0.365. The van der Waals surface area contributed by atoms with E-state index in [2.05, 4.69) is 15.6 Å². The molecule has 1 aromatic heterocycles. The Bertz CT molecular complexity index is 904. The van der Waals surface area contributed by atoms with Gasteiger partial charge >= 0.3 is 0 Å². The maximum Gasteiger partial charge on any atom is 0.277 e. The zero-order valence-corrected chi connectivity index (χ0v) is 14.7. The zero-order valence-electron chi connectivity index (χ0n) is 14.7. The van der Waals surface area contributed by atoms with E-state index >= 15 is 0 Å². The third-order valence-corrected chi connectivity index (χ3v) is 4.30. The van der Waals surface area contributed by atoms with Crippen LogP contribution in [0.4, 0.5) is 5.69 Å². The highest BCUT2D eigenvalue weighted by molar-refractivity contribution is 6.02. The Hall–Kier alpha value is -3.19. The summed E-state index contributed by atoms with van der Waals surface area (Å²) in [4.78, 5) is 12.4. The largest absolute Gasteiger partial charge is 0.491 e. The lowest BCUT2D eigenvalue weighted by atomic mass is 10.2. The van der Waals surface area contributed by atoms with Gasteiger partial charge in [-0.2, -0.15) is 0 Å². The van der Waals surface area contributed by atoms with Crippen molar-refractivity contribution in [2.24, 2.45) is 0 Å². The van der Waals surface area contributed by atoms with E-state index in [1.54, 1.807) is 23.0 Å². The van der Waals surface area contributed by atoms with Crippen molar-refractivity contribution in [1.82, 2.24) is 15.0 Å². The predicted octanol–water partition coefficient (Wildman–Crippen LogP) is 3.08. The second-order valence-corrected chi connectivity index (χ2v) is 6.31. The van der Waals surface area contributed by atoms with Gasteiger partial charge in [-0.05, 0) is 37.1 Å². The first-order valence-corrected chi connectivity index (χ1v) is 8.91. The number of nitrogens with zero attached hydrogens (tertiary/aromatic N) is 3. The minimum atomic E-state index is -0.326. The van der Waals surface area contributed by atoms with E-state index in [-0.39, 0.29) is 17.7 Å². The fourth-order valence-electron chi connectivity index (χ4n) is 2.90. The van der Waals surface area contributed by atoms with Crippen molar-refractivity contribution in [2.45, 2.75) is 18.9 Å². The minimum Gasteiger partial charge on any atom is -0.491 e. The molecule has 1 saturated heterocycles. The van der Waals surface area contributed by atoms with Gasteiger partial charge in [0.2, 0.25) is 0 Å². The minimum absolute atomic E-state index is 0.149. The summed E-state index contributed by atoms with van der Waals surface area (Å²) in [6, 6.07) is 16.8. The third-order valence-electron chi connectivity index (χ3n) is 4.30. The lowest BCUT2D eigenvalue weighted by Crippen LogP contribution is -2.16. The molecule has 0 saturated carbocycles. The van der Waals surface area contributed by atoms with Gasteiger partial charge in [0.05, 0.1) is 18.0 Å². The molecule has 7 heteroatoms. The Morgan fingerprint density at radius 2 is 2.11 bits per heavy atom. The van der Waals surface area contributed by atoms with Gasteiger partial charge in [0.15, 0.2) is 5.69 Å². The first-order valence-electron chi connectivity index (χ1n) is 8.91. The molecule has 2 heterocycles. The Kier molecular flexibility index (Phi) is 5.11. The van der Waals surface area contributed by atoms with Crippen molar-refractivity contribution < 1.29 is 14.3 Å². The van der Waals surface area contributed by atoms with E-state index in [0.717, 1.165) is 25.1 Å². The number of hydrogen-bond donors (Lipinski definition) is 1. The Morgan fingerprint density at radius 3 is 2.93 bits per heavy atom. The molecule has 0 radical (unpaired) electrons. The molecule has 1 N–H and O–H groups in total. The second kappa shape index (κ2) is 8.01. The molecule has 2 aromatic carbocycles. The monoisotopic (exact) mass is 364 g/mol. The number of amides is 1. The van der Waals surface area contributed by atoms with Gasteiger partial charge in [0.1, 0.15) is 12.4 Å². The predicted molar refractivity (Wildman–Crippen MR) is 100 cm³/mol. The molecule has 1 aliphatic heterocycles. The molecule has 1 aliphatic rings. The number of benzene rings is 2. The summed E-state index contributed by atoms with van der Waals surface area (Å²) in [6.07, 6.45) is 3.85. The van der Waals surface area contributed by atoms with Gasteiger partial charge in [0.25, 0.3) is 5.91 Å². The van der Waals surface area contributed by atoms with Gasteiger partial charge in [0, 0.05) is 18.4 Å². The van der Waals surface area contributed by atoms with Crippen LogP contribution in [0.15, 0.2) is 60.8 Å². The summed E-state index contributed by atoms with van der Waals surface area (Å²) in [6.45, 7) is 1.32. The van der Waals surface area contributed by atoms with Crippen LogP contribution in [0.25, 0.3) is 5.69 Å². The average molecular weight is 364 g/mol. The van der Waals surface area contributed by atoms with Crippen molar-refractivity contribution >= 4 is 11.6 Å². The molecule has 4 rings (SSSR count). The quantitative estimate of drug-likeness (QED) is 0.727. The number of ether oxygens (including phenoxy) is 2. The number of anilines is 1. The number of hydrogen-bond acceptors (Lipinski definition) is 5. The van der Waals surface area contributed by atoms with Crippen LogP contribution in [-0.4, -0.2) is 40.2 Å². The molecule has 7 nitrogen and oxygen atoms in total. The van der Waals surface area contributed by atoms with Crippen molar-refractivity contribution in [3.63, 3.8) is 0 Å². The standard InChI is InChI=1S/C20H20N4O3/c25-20(19-13-24(23-22-19)16-7-2-1-3-8-16)21-15-6-4-9-17(12-15)27-14-18-10-5-11-26-18/h1-4,6-9,12-13,18H,5,10-11,14H2,(H,21,25). The molecule has 1 atom stereocenters. The van der Waals surface area contributed by atoms with Crippen LogP contribution in [0.3, 0.4) is 0 Å². The highest BCUT2D eigenvalue weighted by atomic mass is 16.5. The van der Waals surface area contributed by atoms with Crippen LogP contribution < -0.4 is 10.1 Å². The van der Waals surface area contributed by atoms with E-state index in [1.165, 1.54) is 0 Å². The van der Waals surface area contributed by atoms with Gasteiger partial charge in [-0.1, -0.05) is 29.5 Å². The Morgan fingerprint density at radius 1 is 1.22 bits per heavy atom. The first-order chi connectivity index (χ1) is 13.3. The maximum absolute atomic E-state index is 12.4. The lowest BCUT2D eigenvalue weighted by Gasteiger charge is -2.12. The van der Waals surface area contributed by atoms with Crippen molar-refractivity contribution in [2.75, 3.05) is 18.5 Å². The smallest absolute Gasteiger partial charge is 0.277 e. The number of nitrogens with one attached hydrogen (secondary N) is 1. The number of aromatic nitrogens is 3. The zero-order chi connectivity index (χ0) is 18.5.